The van der Waals surface area contributed by atoms with Gasteiger partial charge in [-0.25, -0.2) is 14.3 Å². The van der Waals surface area contributed by atoms with Crippen LogP contribution in [0.5, 0.6) is 0 Å². The Bertz CT molecular complexity index is 301. The van der Waals surface area contributed by atoms with Gasteiger partial charge in [-0.05, 0) is 12.1 Å². The third-order valence-electron chi connectivity index (χ3n) is 1.49. The molecule has 0 fully saturated rings. The number of hydrogen-bond acceptors (Lipinski definition) is 1. The number of nitrogens with zero attached hydrogens (tertiary/aromatic N) is 1. The van der Waals surface area contributed by atoms with Crippen LogP contribution in [0.25, 0.3) is 0 Å². The van der Waals surface area contributed by atoms with Gasteiger partial charge in [0.25, 0.3) is 0 Å². The fraction of sp³-hybridized carbons (Fsp3) is 0.125. The van der Waals surface area contributed by atoms with Gasteiger partial charge in [-0.3, -0.25) is 4.90 Å². The highest BCUT2D eigenvalue weighted by Gasteiger charge is 2.13. The van der Waals surface area contributed by atoms with Crippen LogP contribution in [0, 0.1) is 5.82 Å². The fourth-order valence-electron chi connectivity index (χ4n) is 0.822. The summed E-state index contributed by atoms with van der Waals surface area (Å²) in [5.74, 6) is -0.579. The first-order valence-corrected chi connectivity index (χ1v) is 3.32. The monoisotopic (exact) mass is 168 g/mol. The van der Waals surface area contributed by atoms with E-state index in [4.69, 9.17) is 0 Å². The van der Waals surface area contributed by atoms with Gasteiger partial charge in [0, 0.05) is 7.05 Å². The lowest BCUT2D eigenvalue weighted by atomic mass is 10.3. The van der Waals surface area contributed by atoms with Crippen molar-refractivity contribution < 1.29 is 14.3 Å². The zero-order valence-corrected chi connectivity index (χ0v) is 6.45. The van der Waals surface area contributed by atoms with E-state index in [0.717, 1.165) is 4.90 Å². The van der Waals surface area contributed by atoms with Crippen molar-refractivity contribution in [2.75, 3.05) is 11.9 Å². The van der Waals surface area contributed by atoms with Crippen molar-refractivity contribution in [3.8, 4) is 0 Å². The second-order valence-electron chi connectivity index (χ2n) is 2.28. The molecule has 0 aliphatic rings. The number of halogens is 1. The van der Waals surface area contributed by atoms with Crippen LogP contribution in [0.4, 0.5) is 14.9 Å². The molecule has 63 valence electrons. The Morgan fingerprint density at radius 1 is 1.42 bits per heavy atom. The van der Waals surface area contributed by atoms with Crippen molar-refractivity contribution in [3.05, 3.63) is 30.1 Å². The molecule has 4 heteroatoms. The van der Waals surface area contributed by atoms with E-state index >= 15 is 0 Å². The molecular formula is C8H7FNO2. The molecule has 0 unspecified atom stereocenters. The molecule has 1 aromatic carbocycles. The standard InChI is InChI=1S/C8H7FNO2/c1-10(8(11)12)7-5-3-2-4-6(7)9/h2-5H,1H3. The average Bonchev–Trinajstić information content (AvgIpc) is 2.04. The van der Waals surface area contributed by atoms with Gasteiger partial charge >= 0.3 is 6.09 Å². The average molecular weight is 168 g/mol. The van der Waals surface area contributed by atoms with E-state index < -0.39 is 11.9 Å². The van der Waals surface area contributed by atoms with Crippen molar-refractivity contribution in [2.45, 2.75) is 0 Å². The van der Waals surface area contributed by atoms with Gasteiger partial charge in [-0.2, -0.15) is 0 Å². The van der Waals surface area contributed by atoms with Gasteiger partial charge in [0.2, 0.25) is 0 Å². The summed E-state index contributed by atoms with van der Waals surface area (Å²) < 4.78 is 12.9. The van der Waals surface area contributed by atoms with Crippen LogP contribution in [0.2, 0.25) is 0 Å². The molecule has 1 rings (SSSR count). The summed E-state index contributed by atoms with van der Waals surface area (Å²) in [6, 6.07) is 5.60. The minimum atomic E-state index is -1.43. The molecule has 0 N–H and O–H groups in total. The maximum absolute atomic E-state index is 12.9. The van der Waals surface area contributed by atoms with Crippen molar-refractivity contribution in [1.82, 2.24) is 0 Å². The van der Waals surface area contributed by atoms with Crippen LogP contribution in [0.3, 0.4) is 0 Å². The topological polar surface area (TPSA) is 40.2 Å². The summed E-state index contributed by atoms with van der Waals surface area (Å²) >= 11 is 0. The Labute approximate surface area is 69.0 Å². The highest BCUT2D eigenvalue weighted by atomic mass is 19.1. The molecule has 0 aliphatic heterocycles. The molecule has 0 bridgehead atoms. The van der Waals surface area contributed by atoms with Crippen LogP contribution in [-0.4, -0.2) is 13.1 Å². The molecule has 0 heterocycles. The predicted molar refractivity (Wildman–Crippen MR) is 40.9 cm³/mol. The summed E-state index contributed by atoms with van der Waals surface area (Å²) in [4.78, 5) is 11.0. The zero-order chi connectivity index (χ0) is 9.14. The Morgan fingerprint density at radius 2 is 2.00 bits per heavy atom. The molecule has 0 atom stereocenters. The Balaban J connectivity index is 3.02. The first-order chi connectivity index (χ1) is 5.63. The molecular weight excluding hydrogens is 161 g/mol. The van der Waals surface area contributed by atoms with E-state index in [0.29, 0.717) is 0 Å². The summed E-state index contributed by atoms with van der Waals surface area (Å²) in [7, 11) is 1.23. The van der Waals surface area contributed by atoms with E-state index in [9.17, 15) is 14.3 Å². The number of carbonyl (C=O) groups excluding carboxylic acids is 1. The fourth-order valence-corrected chi connectivity index (χ4v) is 0.822. The maximum Gasteiger partial charge on any atom is 0.457 e. The minimum Gasteiger partial charge on any atom is -0.275 e. The van der Waals surface area contributed by atoms with E-state index in [-0.39, 0.29) is 5.69 Å². The zero-order valence-electron chi connectivity index (χ0n) is 6.45. The molecule has 0 aromatic heterocycles. The molecule has 0 saturated heterocycles. The van der Waals surface area contributed by atoms with Crippen molar-refractivity contribution in [1.29, 1.82) is 0 Å². The van der Waals surface area contributed by atoms with Crippen molar-refractivity contribution in [2.24, 2.45) is 0 Å². The lowest BCUT2D eigenvalue weighted by molar-refractivity contribution is 0.178. The highest BCUT2D eigenvalue weighted by molar-refractivity contribution is 5.85. The number of anilines is 1. The van der Waals surface area contributed by atoms with Crippen LogP contribution >= 0.6 is 0 Å². The molecule has 0 saturated carbocycles. The lowest BCUT2D eigenvalue weighted by Crippen LogP contribution is -2.23. The summed E-state index contributed by atoms with van der Waals surface area (Å²) in [6.07, 6.45) is -1.43. The van der Waals surface area contributed by atoms with Gasteiger partial charge in [-0.15, -0.1) is 0 Å². The molecule has 12 heavy (non-hydrogen) atoms. The third-order valence-corrected chi connectivity index (χ3v) is 1.49. The third kappa shape index (κ3) is 1.53. The summed E-state index contributed by atoms with van der Waals surface area (Å²) in [5, 5.41) is 10.3. The Hall–Kier alpha value is -1.58. The number of carbonyl (C=O) groups is 1. The van der Waals surface area contributed by atoms with Gasteiger partial charge in [0.05, 0.1) is 5.69 Å². The molecule has 0 spiro atoms. The molecule has 1 radical (unpaired) electrons. The van der Waals surface area contributed by atoms with Crippen LogP contribution in [0.1, 0.15) is 0 Å². The Morgan fingerprint density at radius 3 is 2.50 bits per heavy atom. The van der Waals surface area contributed by atoms with Crippen molar-refractivity contribution >= 4 is 11.8 Å². The normalized spacial score (nSPS) is 9.50. The van der Waals surface area contributed by atoms with Gasteiger partial charge in [0.15, 0.2) is 0 Å². The second kappa shape index (κ2) is 3.21. The van der Waals surface area contributed by atoms with Crippen LogP contribution in [0.15, 0.2) is 24.3 Å². The largest absolute Gasteiger partial charge is 0.457 e. The molecule has 3 nitrogen and oxygen atoms in total. The molecule has 1 amide bonds. The number of amides is 1. The second-order valence-corrected chi connectivity index (χ2v) is 2.28. The first-order valence-electron chi connectivity index (χ1n) is 3.32. The summed E-state index contributed by atoms with van der Waals surface area (Å²) in [6.45, 7) is 0. The van der Waals surface area contributed by atoms with E-state index in [1.165, 1.54) is 25.2 Å². The lowest BCUT2D eigenvalue weighted by Gasteiger charge is -2.11. The highest BCUT2D eigenvalue weighted by Crippen LogP contribution is 2.16. The maximum atomic E-state index is 12.9. The SMILES string of the molecule is CN(C([O])=O)c1ccccc1F. The Kier molecular flexibility index (Phi) is 2.28. The smallest absolute Gasteiger partial charge is 0.275 e. The predicted octanol–water partition coefficient (Wildman–Crippen LogP) is 1.81. The molecule has 0 aliphatic carbocycles. The number of rotatable bonds is 1. The van der Waals surface area contributed by atoms with Gasteiger partial charge < -0.3 is 0 Å². The summed E-state index contributed by atoms with van der Waals surface area (Å²) in [5.41, 5.74) is -0.00231. The van der Waals surface area contributed by atoms with Crippen LogP contribution in [-0.2, 0) is 5.11 Å². The number of para-hydroxylation sites is 1. The van der Waals surface area contributed by atoms with E-state index in [1.54, 1.807) is 6.07 Å². The van der Waals surface area contributed by atoms with E-state index in [1.807, 2.05) is 0 Å². The van der Waals surface area contributed by atoms with Crippen LogP contribution < -0.4 is 4.90 Å². The molecule has 1 aromatic rings. The van der Waals surface area contributed by atoms with Gasteiger partial charge in [0.1, 0.15) is 5.82 Å². The first kappa shape index (κ1) is 8.52. The van der Waals surface area contributed by atoms with Crippen molar-refractivity contribution in [3.63, 3.8) is 0 Å². The quantitative estimate of drug-likeness (QED) is 0.630. The number of benzene rings is 1. The van der Waals surface area contributed by atoms with Gasteiger partial charge in [-0.1, -0.05) is 12.1 Å². The number of hydrogen-bond donors (Lipinski definition) is 0. The minimum absolute atomic E-state index is 0.00231. The van der Waals surface area contributed by atoms with E-state index in [2.05, 4.69) is 0 Å².